The Kier molecular flexibility index (Phi) is 4.76. The number of methoxy groups -OCH3 is 1. The number of hydrogen-bond donors (Lipinski definition) is 1. The molecule has 0 atom stereocenters. The molecule has 1 N–H and O–H groups in total. The van der Waals surface area contributed by atoms with Crippen LogP contribution >= 0.6 is 34.5 Å². The van der Waals surface area contributed by atoms with E-state index < -0.39 is 5.97 Å². The van der Waals surface area contributed by atoms with E-state index in [1.54, 1.807) is 13.2 Å². The lowest BCUT2D eigenvalue weighted by Crippen LogP contribution is -2.04. The van der Waals surface area contributed by atoms with E-state index in [1.165, 1.54) is 11.3 Å². The molecule has 3 rings (SSSR count). The van der Waals surface area contributed by atoms with E-state index in [1.807, 2.05) is 25.1 Å². The standard InChI is InChI=1S/C17H15Cl2NO3S/c1-9-11(6-17(21)22)12-5-15(23-2)13(18)7-14(12)20(9)8-10-3-4-16(19)24-10/h3-5,7H,6,8H2,1-2H3,(H,21,22). The van der Waals surface area contributed by atoms with Crippen LogP contribution in [0.3, 0.4) is 0 Å². The second-order valence-electron chi connectivity index (χ2n) is 5.43. The number of rotatable bonds is 5. The average Bonchev–Trinajstić information content (AvgIpc) is 3.03. The maximum atomic E-state index is 11.3. The van der Waals surface area contributed by atoms with Crippen LogP contribution < -0.4 is 4.74 Å². The SMILES string of the molecule is COc1cc2c(CC(=O)O)c(C)n(Cc3ccc(Cl)s3)c2cc1Cl. The summed E-state index contributed by atoms with van der Waals surface area (Å²) in [6.45, 7) is 2.54. The zero-order valence-corrected chi connectivity index (χ0v) is 15.4. The van der Waals surface area contributed by atoms with Gasteiger partial charge in [0.05, 0.1) is 35.0 Å². The predicted molar refractivity (Wildman–Crippen MR) is 98.0 cm³/mol. The van der Waals surface area contributed by atoms with Gasteiger partial charge in [-0.05, 0) is 36.8 Å². The van der Waals surface area contributed by atoms with Gasteiger partial charge < -0.3 is 14.4 Å². The number of fused-ring (bicyclic) bond motifs is 1. The summed E-state index contributed by atoms with van der Waals surface area (Å²) in [5, 5.41) is 10.6. The van der Waals surface area contributed by atoms with Gasteiger partial charge in [-0.2, -0.15) is 0 Å². The van der Waals surface area contributed by atoms with Crippen molar-refractivity contribution in [2.24, 2.45) is 0 Å². The van der Waals surface area contributed by atoms with Crippen molar-refractivity contribution in [2.45, 2.75) is 19.9 Å². The molecule has 3 aromatic rings. The van der Waals surface area contributed by atoms with Crippen LogP contribution in [0.25, 0.3) is 10.9 Å². The first kappa shape index (κ1) is 17.1. The van der Waals surface area contributed by atoms with Crippen LogP contribution in [-0.2, 0) is 17.8 Å². The molecule has 0 spiro atoms. The topological polar surface area (TPSA) is 51.5 Å². The maximum Gasteiger partial charge on any atom is 0.307 e. The second-order valence-corrected chi connectivity index (χ2v) is 7.64. The molecular weight excluding hydrogens is 369 g/mol. The van der Waals surface area contributed by atoms with Crippen molar-refractivity contribution in [1.29, 1.82) is 0 Å². The van der Waals surface area contributed by atoms with Gasteiger partial charge in [-0.1, -0.05) is 23.2 Å². The van der Waals surface area contributed by atoms with Crippen LogP contribution in [-0.4, -0.2) is 22.8 Å². The van der Waals surface area contributed by atoms with Crippen molar-refractivity contribution < 1.29 is 14.6 Å². The number of halogens is 2. The van der Waals surface area contributed by atoms with Gasteiger partial charge in [0.15, 0.2) is 0 Å². The minimum absolute atomic E-state index is 0.0503. The number of carbonyl (C=O) groups is 1. The van der Waals surface area contributed by atoms with Crippen molar-refractivity contribution in [3.05, 3.63) is 49.8 Å². The number of benzene rings is 1. The fraction of sp³-hybridized carbons (Fsp3) is 0.235. The Morgan fingerprint density at radius 1 is 1.33 bits per heavy atom. The normalized spacial score (nSPS) is 11.2. The molecule has 7 heteroatoms. The number of carboxylic acid groups (broad SMARTS) is 1. The van der Waals surface area contributed by atoms with Crippen LogP contribution in [0.4, 0.5) is 0 Å². The highest BCUT2D eigenvalue weighted by Crippen LogP contribution is 2.36. The molecule has 0 bridgehead atoms. The quantitative estimate of drug-likeness (QED) is 0.673. The second kappa shape index (κ2) is 6.67. The molecule has 0 aliphatic heterocycles. The Morgan fingerprint density at radius 3 is 2.67 bits per heavy atom. The van der Waals surface area contributed by atoms with Crippen LogP contribution in [0.2, 0.25) is 9.36 Å². The summed E-state index contributed by atoms with van der Waals surface area (Å²) >= 11 is 13.8. The van der Waals surface area contributed by atoms with E-state index in [2.05, 4.69) is 4.57 Å². The lowest BCUT2D eigenvalue weighted by molar-refractivity contribution is -0.136. The molecule has 4 nitrogen and oxygen atoms in total. The van der Waals surface area contributed by atoms with Crippen LogP contribution in [0.5, 0.6) is 5.75 Å². The van der Waals surface area contributed by atoms with E-state index in [9.17, 15) is 9.90 Å². The lowest BCUT2D eigenvalue weighted by atomic mass is 10.1. The molecule has 24 heavy (non-hydrogen) atoms. The van der Waals surface area contributed by atoms with Crippen LogP contribution in [0, 0.1) is 6.92 Å². The fourth-order valence-corrected chi connectivity index (χ4v) is 4.19. The minimum Gasteiger partial charge on any atom is -0.495 e. The number of carboxylic acids is 1. The summed E-state index contributed by atoms with van der Waals surface area (Å²) in [4.78, 5) is 12.4. The molecular formula is C17H15Cl2NO3S. The Balaban J connectivity index is 2.21. The molecule has 0 fully saturated rings. The Bertz CT molecular complexity index is 930. The molecule has 0 radical (unpaired) electrons. The number of ether oxygens (including phenoxy) is 1. The van der Waals surface area contributed by atoms with Crippen molar-refractivity contribution in [1.82, 2.24) is 4.57 Å². The maximum absolute atomic E-state index is 11.3. The zero-order valence-electron chi connectivity index (χ0n) is 13.1. The number of nitrogens with zero attached hydrogens (tertiary/aromatic N) is 1. The Morgan fingerprint density at radius 2 is 2.08 bits per heavy atom. The smallest absolute Gasteiger partial charge is 0.307 e. The third-order valence-corrected chi connectivity index (χ3v) is 5.51. The largest absolute Gasteiger partial charge is 0.495 e. The average molecular weight is 384 g/mol. The summed E-state index contributed by atoms with van der Waals surface area (Å²) < 4.78 is 8.08. The molecule has 0 aliphatic carbocycles. The highest BCUT2D eigenvalue weighted by atomic mass is 35.5. The minimum atomic E-state index is -0.870. The van der Waals surface area contributed by atoms with Crippen molar-refractivity contribution in [3.8, 4) is 5.75 Å². The van der Waals surface area contributed by atoms with Gasteiger partial charge in [-0.25, -0.2) is 0 Å². The number of aliphatic carboxylic acids is 1. The first-order chi connectivity index (χ1) is 11.4. The molecule has 126 valence electrons. The predicted octanol–water partition coefficient (Wildman–Crippen LogP) is 5.00. The van der Waals surface area contributed by atoms with Crippen LogP contribution in [0.1, 0.15) is 16.1 Å². The van der Waals surface area contributed by atoms with Crippen LogP contribution in [0.15, 0.2) is 24.3 Å². The van der Waals surface area contributed by atoms with E-state index in [-0.39, 0.29) is 6.42 Å². The lowest BCUT2D eigenvalue weighted by Gasteiger charge is -2.08. The molecule has 0 amide bonds. The number of aromatic nitrogens is 1. The zero-order chi connectivity index (χ0) is 17.4. The van der Waals surface area contributed by atoms with Gasteiger partial charge in [-0.3, -0.25) is 4.79 Å². The first-order valence-electron chi connectivity index (χ1n) is 7.22. The number of thiophene rings is 1. The molecule has 0 saturated carbocycles. The van der Waals surface area contributed by atoms with Gasteiger partial charge in [0, 0.05) is 16.0 Å². The van der Waals surface area contributed by atoms with Gasteiger partial charge in [0.25, 0.3) is 0 Å². The first-order valence-corrected chi connectivity index (χ1v) is 8.79. The summed E-state index contributed by atoms with van der Waals surface area (Å²) in [6, 6.07) is 7.46. The summed E-state index contributed by atoms with van der Waals surface area (Å²) in [5.41, 5.74) is 2.57. The van der Waals surface area contributed by atoms with Crippen molar-refractivity contribution >= 4 is 51.4 Å². The third kappa shape index (κ3) is 3.11. The third-order valence-electron chi connectivity index (χ3n) is 4.00. The number of hydrogen-bond acceptors (Lipinski definition) is 3. The molecule has 0 saturated heterocycles. The molecule has 2 heterocycles. The molecule has 0 aliphatic rings. The van der Waals surface area contributed by atoms with E-state index in [0.29, 0.717) is 17.3 Å². The highest BCUT2D eigenvalue weighted by Gasteiger charge is 2.19. The molecule has 0 unspecified atom stereocenters. The highest BCUT2D eigenvalue weighted by molar-refractivity contribution is 7.16. The van der Waals surface area contributed by atoms with Gasteiger partial charge in [-0.15, -0.1) is 11.3 Å². The Labute approximate surface area is 153 Å². The van der Waals surface area contributed by atoms with E-state index >= 15 is 0 Å². The monoisotopic (exact) mass is 383 g/mol. The van der Waals surface area contributed by atoms with E-state index in [4.69, 9.17) is 27.9 Å². The van der Waals surface area contributed by atoms with Gasteiger partial charge in [0.1, 0.15) is 5.75 Å². The molecule has 1 aromatic carbocycles. The van der Waals surface area contributed by atoms with Gasteiger partial charge in [0.2, 0.25) is 0 Å². The fourth-order valence-electron chi connectivity index (χ4n) is 2.87. The van der Waals surface area contributed by atoms with E-state index in [0.717, 1.165) is 31.4 Å². The summed E-state index contributed by atoms with van der Waals surface area (Å²) in [7, 11) is 1.54. The van der Waals surface area contributed by atoms with Gasteiger partial charge >= 0.3 is 5.97 Å². The Hall–Kier alpha value is -1.69. The van der Waals surface area contributed by atoms with Crippen molar-refractivity contribution in [3.63, 3.8) is 0 Å². The van der Waals surface area contributed by atoms with Crippen molar-refractivity contribution in [2.75, 3.05) is 7.11 Å². The summed E-state index contributed by atoms with van der Waals surface area (Å²) in [5.74, 6) is -0.336. The summed E-state index contributed by atoms with van der Waals surface area (Å²) in [6.07, 6.45) is -0.0503. The molecule has 2 aromatic heterocycles.